The Morgan fingerprint density at radius 1 is 1.28 bits per heavy atom. The second kappa shape index (κ2) is 4.60. The highest BCUT2D eigenvalue weighted by Gasteiger charge is 2.28. The van der Waals surface area contributed by atoms with Gasteiger partial charge in [-0.2, -0.15) is 4.98 Å². The van der Waals surface area contributed by atoms with Crippen LogP contribution in [0.2, 0.25) is 0 Å². The van der Waals surface area contributed by atoms with Crippen molar-refractivity contribution in [2.75, 3.05) is 0 Å². The molecule has 0 saturated heterocycles. The fraction of sp³-hybridized carbons (Fsp3) is 0.308. The number of nitrogens with zero attached hydrogens (tertiary/aromatic N) is 2. The van der Waals surface area contributed by atoms with E-state index < -0.39 is 5.54 Å². The van der Waals surface area contributed by atoms with E-state index in [0.717, 1.165) is 5.56 Å². The zero-order chi connectivity index (χ0) is 13.2. The first-order valence-corrected chi connectivity index (χ1v) is 5.67. The first-order valence-electron chi connectivity index (χ1n) is 5.67. The fourth-order valence-electron chi connectivity index (χ4n) is 1.68. The van der Waals surface area contributed by atoms with Crippen LogP contribution in [0.1, 0.15) is 26.7 Å². The van der Waals surface area contributed by atoms with Crippen LogP contribution in [0.3, 0.4) is 0 Å². The van der Waals surface area contributed by atoms with Crippen molar-refractivity contribution in [1.82, 2.24) is 15.5 Å². The molecular formula is C13H15N3O2. The molecule has 94 valence electrons. The molecule has 1 aromatic heterocycles. The minimum absolute atomic E-state index is 0.139. The SMILES string of the molecule is CC(=O)NC(C)(C)c1nc(-c2ccccc2)no1. The van der Waals surface area contributed by atoms with Gasteiger partial charge in [0.15, 0.2) is 0 Å². The zero-order valence-corrected chi connectivity index (χ0v) is 10.6. The number of carbonyl (C=O) groups excluding carboxylic acids is 1. The highest BCUT2D eigenvalue weighted by Crippen LogP contribution is 2.22. The molecule has 1 N–H and O–H groups in total. The van der Waals surface area contributed by atoms with E-state index in [0.29, 0.717) is 11.7 Å². The van der Waals surface area contributed by atoms with Crippen molar-refractivity contribution in [3.63, 3.8) is 0 Å². The van der Waals surface area contributed by atoms with E-state index in [-0.39, 0.29) is 5.91 Å². The molecule has 5 heteroatoms. The molecule has 1 aromatic carbocycles. The predicted octanol–water partition coefficient (Wildman–Crippen LogP) is 2.11. The molecule has 0 atom stereocenters. The summed E-state index contributed by atoms with van der Waals surface area (Å²) < 4.78 is 5.21. The third kappa shape index (κ3) is 2.56. The second-order valence-electron chi connectivity index (χ2n) is 4.60. The van der Waals surface area contributed by atoms with E-state index in [2.05, 4.69) is 15.5 Å². The maximum atomic E-state index is 11.1. The Labute approximate surface area is 105 Å². The molecule has 0 unspecified atom stereocenters. The molecule has 18 heavy (non-hydrogen) atoms. The van der Waals surface area contributed by atoms with Gasteiger partial charge >= 0.3 is 0 Å². The van der Waals surface area contributed by atoms with Gasteiger partial charge in [-0.25, -0.2) is 0 Å². The van der Waals surface area contributed by atoms with Crippen LogP contribution >= 0.6 is 0 Å². The normalized spacial score (nSPS) is 11.3. The quantitative estimate of drug-likeness (QED) is 0.899. The smallest absolute Gasteiger partial charge is 0.252 e. The van der Waals surface area contributed by atoms with Crippen molar-refractivity contribution in [2.45, 2.75) is 26.3 Å². The molecule has 2 rings (SSSR count). The minimum Gasteiger partial charge on any atom is -0.342 e. The average Bonchev–Trinajstić information content (AvgIpc) is 2.78. The maximum absolute atomic E-state index is 11.1. The number of amides is 1. The number of hydrogen-bond acceptors (Lipinski definition) is 4. The molecule has 5 nitrogen and oxygen atoms in total. The van der Waals surface area contributed by atoms with Crippen LogP contribution in [-0.2, 0) is 10.3 Å². The van der Waals surface area contributed by atoms with Gasteiger partial charge in [0.25, 0.3) is 5.89 Å². The number of carbonyl (C=O) groups is 1. The number of aromatic nitrogens is 2. The van der Waals surface area contributed by atoms with Crippen LogP contribution in [0, 0.1) is 0 Å². The van der Waals surface area contributed by atoms with Crippen LogP contribution < -0.4 is 5.32 Å². The molecule has 1 amide bonds. The van der Waals surface area contributed by atoms with Gasteiger partial charge in [0.05, 0.1) is 0 Å². The van der Waals surface area contributed by atoms with E-state index in [9.17, 15) is 4.79 Å². The lowest BCUT2D eigenvalue weighted by Crippen LogP contribution is -2.39. The molecular weight excluding hydrogens is 230 g/mol. The number of nitrogens with one attached hydrogen (secondary N) is 1. The summed E-state index contributed by atoms with van der Waals surface area (Å²) in [4.78, 5) is 15.4. The van der Waals surface area contributed by atoms with Crippen molar-refractivity contribution in [1.29, 1.82) is 0 Å². The summed E-state index contributed by atoms with van der Waals surface area (Å²) in [6.07, 6.45) is 0. The van der Waals surface area contributed by atoms with Gasteiger partial charge in [-0.3, -0.25) is 4.79 Å². The monoisotopic (exact) mass is 245 g/mol. The predicted molar refractivity (Wildman–Crippen MR) is 66.6 cm³/mol. The Kier molecular flexibility index (Phi) is 3.14. The highest BCUT2D eigenvalue weighted by atomic mass is 16.5. The van der Waals surface area contributed by atoms with E-state index in [1.165, 1.54) is 6.92 Å². The molecule has 0 bridgehead atoms. The van der Waals surface area contributed by atoms with Gasteiger partial charge in [0.2, 0.25) is 11.7 Å². The molecule has 1 heterocycles. The van der Waals surface area contributed by atoms with Gasteiger partial charge in [-0.05, 0) is 13.8 Å². The summed E-state index contributed by atoms with van der Waals surface area (Å²) in [5.74, 6) is 0.764. The largest absolute Gasteiger partial charge is 0.342 e. The van der Waals surface area contributed by atoms with Gasteiger partial charge in [-0.15, -0.1) is 0 Å². The van der Waals surface area contributed by atoms with Crippen molar-refractivity contribution in [2.24, 2.45) is 0 Å². The van der Waals surface area contributed by atoms with Crippen molar-refractivity contribution >= 4 is 5.91 Å². The van der Waals surface area contributed by atoms with Crippen LogP contribution in [0.5, 0.6) is 0 Å². The van der Waals surface area contributed by atoms with Crippen LogP contribution in [0.4, 0.5) is 0 Å². The van der Waals surface area contributed by atoms with Crippen LogP contribution in [0.25, 0.3) is 11.4 Å². The Hall–Kier alpha value is -2.17. The topological polar surface area (TPSA) is 68.0 Å². The molecule has 0 radical (unpaired) electrons. The van der Waals surface area contributed by atoms with Crippen LogP contribution in [-0.4, -0.2) is 16.0 Å². The molecule has 0 spiro atoms. The number of hydrogen-bond donors (Lipinski definition) is 1. The van der Waals surface area contributed by atoms with E-state index >= 15 is 0 Å². The van der Waals surface area contributed by atoms with Crippen molar-refractivity contribution < 1.29 is 9.32 Å². The van der Waals surface area contributed by atoms with Crippen molar-refractivity contribution in [3.8, 4) is 11.4 Å². The first-order chi connectivity index (χ1) is 8.49. The Bertz CT molecular complexity index is 546. The zero-order valence-electron chi connectivity index (χ0n) is 10.6. The lowest BCUT2D eigenvalue weighted by molar-refractivity contribution is -0.120. The summed E-state index contributed by atoms with van der Waals surface area (Å²) in [5, 5.41) is 6.69. The van der Waals surface area contributed by atoms with Gasteiger partial charge in [0, 0.05) is 12.5 Å². The Balaban J connectivity index is 2.28. The molecule has 0 saturated carbocycles. The van der Waals surface area contributed by atoms with Crippen LogP contribution in [0.15, 0.2) is 34.9 Å². The lowest BCUT2D eigenvalue weighted by atomic mass is 10.1. The lowest BCUT2D eigenvalue weighted by Gasteiger charge is -2.20. The minimum atomic E-state index is -0.675. The fourth-order valence-corrected chi connectivity index (χ4v) is 1.68. The third-order valence-electron chi connectivity index (χ3n) is 2.48. The Morgan fingerprint density at radius 3 is 2.56 bits per heavy atom. The average molecular weight is 245 g/mol. The molecule has 0 aliphatic carbocycles. The van der Waals surface area contributed by atoms with E-state index in [1.807, 2.05) is 44.2 Å². The summed E-state index contributed by atoms with van der Waals surface area (Å²) in [6.45, 7) is 5.09. The third-order valence-corrected chi connectivity index (χ3v) is 2.48. The summed E-state index contributed by atoms with van der Waals surface area (Å²) in [6, 6.07) is 9.54. The first kappa shape index (κ1) is 12.3. The standard InChI is InChI=1S/C13H15N3O2/c1-9(17)15-13(2,3)12-14-11(16-18-12)10-7-5-4-6-8-10/h4-8H,1-3H3,(H,15,17). The molecule has 0 aliphatic heterocycles. The molecule has 0 fully saturated rings. The van der Waals surface area contributed by atoms with Gasteiger partial charge < -0.3 is 9.84 Å². The molecule has 0 aliphatic rings. The summed E-state index contributed by atoms with van der Waals surface area (Å²) >= 11 is 0. The van der Waals surface area contributed by atoms with Gasteiger partial charge in [-0.1, -0.05) is 35.5 Å². The van der Waals surface area contributed by atoms with E-state index in [1.54, 1.807) is 0 Å². The Morgan fingerprint density at radius 2 is 1.94 bits per heavy atom. The number of rotatable bonds is 3. The second-order valence-corrected chi connectivity index (χ2v) is 4.60. The van der Waals surface area contributed by atoms with E-state index in [4.69, 9.17) is 4.52 Å². The molecule has 2 aromatic rings. The highest BCUT2D eigenvalue weighted by molar-refractivity contribution is 5.73. The maximum Gasteiger partial charge on any atom is 0.252 e. The van der Waals surface area contributed by atoms with Crippen molar-refractivity contribution in [3.05, 3.63) is 36.2 Å². The summed E-state index contributed by atoms with van der Waals surface area (Å²) in [7, 11) is 0. The van der Waals surface area contributed by atoms with Gasteiger partial charge in [0.1, 0.15) is 5.54 Å². The number of benzene rings is 1. The summed E-state index contributed by atoms with van der Waals surface area (Å²) in [5.41, 5.74) is 0.206.